The van der Waals surface area contributed by atoms with E-state index in [2.05, 4.69) is 0 Å². The Balaban J connectivity index is 2.32. The molecule has 0 saturated carbocycles. The molecule has 0 fully saturated rings. The van der Waals surface area contributed by atoms with E-state index in [0.29, 0.717) is 15.7 Å². The van der Waals surface area contributed by atoms with Gasteiger partial charge in [0.15, 0.2) is 0 Å². The monoisotopic (exact) mass is 356 g/mol. The van der Waals surface area contributed by atoms with E-state index in [0.717, 1.165) is 6.07 Å². The second-order valence-corrected chi connectivity index (χ2v) is 7.24. The molecule has 0 saturated heterocycles. The van der Waals surface area contributed by atoms with Crippen LogP contribution >= 0.6 is 0 Å². The third-order valence-electron chi connectivity index (χ3n) is 4.38. The number of nitrogens with zero attached hydrogens (tertiary/aromatic N) is 2. The summed E-state index contributed by atoms with van der Waals surface area (Å²) in [6.45, 7) is 4.82. The zero-order valence-corrected chi connectivity index (χ0v) is 14.3. The van der Waals surface area contributed by atoms with Gasteiger partial charge in [0.05, 0.1) is 10.5 Å². The summed E-state index contributed by atoms with van der Waals surface area (Å²) in [7, 11) is 0. The molecule has 3 rings (SSSR count). The molecular weight excluding hydrogens is 340 g/mol. The second-order valence-electron chi connectivity index (χ2n) is 7.24. The van der Waals surface area contributed by atoms with E-state index in [1.54, 1.807) is 32.9 Å². The van der Waals surface area contributed by atoms with Crippen molar-refractivity contribution in [1.82, 2.24) is 4.90 Å². The molecule has 1 aliphatic heterocycles. The Labute approximate surface area is 148 Å². The fourth-order valence-corrected chi connectivity index (χ4v) is 3.32. The first-order valence-electron chi connectivity index (χ1n) is 7.86. The van der Waals surface area contributed by atoms with Crippen molar-refractivity contribution in [2.24, 2.45) is 5.41 Å². The van der Waals surface area contributed by atoms with Crippen LogP contribution in [0.3, 0.4) is 0 Å². The van der Waals surface area contributed by atoms with E-state index in [1.165, 1.54) is 12.1 Å². The second kappa shape index (κ2) is 5.62. The molecule has 0 bridgehead atoms. The molecule has 2 amide bonds. The standard InChI is InChI=1S/C18H16N2O6/c1-18(2,3)14(17(23)24)19-15(21)11-6-4-5-9-7-10(20(25)26)8-12(13(9)11)16(19)22/h4-8,14H,1-3H3,(H,23,24)/t14-/m0/s1. The van der Waals surface area contributed by atoms with E-state index in [1.807, 2.05) is 0 Å². The number of hydrogen-bond donors (Lipinski definition) is 1. The average Bonchev–Trinajstić information content (AvgIpc) is 2.54. The lowest BCUT2D eigenvalue weighted by Gasteiger charge is -2.38. The topological polar surface area (TPSA) is 118 Å². The lowest BCUT2D eigenvalue weighted by atomic mass is 9.83. The van der Waals surface area contributed by atoms with Crippen molar-refractivity contribution in [2.75, 3.05) is 0 Å². The quantitative estimate of drug-likeness (QED) is 0.513. The highest BCUT2D eigenvalue weighted by Gasteiger charge is 2.46. The van der Waals surface area contributed by atoms with Gasteiger partial charge in [0, 0.05) is 23.1 Å². The van der Waals surface area contributed by atoms with Gasteiger partial charge in [0.2, 0.25) is 0 Å². The van der Waals surface area contributed by atoms with Gasteiger partial charge in [-0.25, -0.2) is 4.79 Å². The molecule has 1 N–H and O–H groups in total. The summed E-state index contributed by atoms with van der Waals surface area (Å²) >= 11 is 0. The van der Waals surface area contributed by atoms with Gasteiger partial charge in [-0.05, 0) is 16.9 Å². The van der Waals surface area contributed by atoms with Crippen molar-refractivity contribution in [3.8, 4) is 0 Å². The van der Waals surface area contributed by atoms with Crippen LogP contribution in [0.25, 0.3) is 10.8 Å². The number of hydrogen-bond acceptors (Lipinski definition) is 5. The van der Waals surface area contributed by atoms with Gasteiger partial charge in [-0.3, -0.25) is 24.6 Å². The zero-order valence-electron chi connectivity index (χ0n) is 14.3. The Bertz CT molecular complexity index is 989. The number of carboxylic acid groups (broad SMARTS) is 1. The molecule has 26 heavy (non-hydrogen) atoms. The number of nitro groups is 1. The van der Waals surface area contributed by atoms with Gasteiger partial charge in [0.25, 0.3) is 17.5 Å². The van der Waals surface area contributed by atoms with Gasteiger partial charge in [0.1, 0.15) is 6.04 Å². The number of imide groups is 1. The Morgan fingerprint density at radius 2 is 1.77 bits per heavy atom. The maximum atomic E-state index is 13.0. The molecule has 0 unspecified atom stereocenters. The lowest BCUT2D eigenvalue weighted by Crippen LogP contribution is -2.56. The summed E-state index contributed by atoms with van der Waals surface area (Å²) in [5, 5.41) is 21.5. The summed E-state index contributed by atoms with van der Waals surface area (Å²) in [5.41, 5.74) is -1.11. The van der Waals surface area contributed by atoms with E-state index >= 15 is 0 Å². The predicted octanol–water partition coefficient (Wildman–Crippen LogP) is 2.84. The summed E-state index contributed by atoms with van der Waals surface area (Å²) in [6, 6.07) is 5.58. The molecule has 2 aromatic rings. The summed E-state index contributed by atoms with van der Waals surface area (Å²) in [5.74, 6) is -2.88. The number of benzene rings is 2. The highest BCUT2D eigenvalue weighted by Crippen LogP contribution is 2.37. The minimum absolute atomic E-state index is 0.0418. The van der Waals surface area contributed by atoms with Crippen molar-refractivity contribution in [2.45, 2.75) is 26.8 Å². The van der Waals surface area contributed by atoms with Crippen molar-refractivity contribution in [3.63, 3.8) is 0 Å². The van der Waals surface area contributed by atoms with Crippen LogP contribution < -0.4 is 0 Å². The minimum atomic E-state index is -1.41. The molecule has 0 radical (unpaired) electrons. The number of nitro benzene ring substituents is 1. The lowest BCUT2D eigenvalue weighted by molar-refractivity contribution is -0.384. The normalized spacial score (nSPS) is 15.3. The van der Waals surface area contributed by atoms with Crippen molar-refractivity contribution >= 4 is 34.2 Å². The third-order valence-corrected chi connectivity index (χ3v) is 4.38. The Morgan fingerprint density at radius 1 is 1.15 bits per heavy atom. The van der Waals surface area contributed by atoms with Crippen LogP contribution in [-0.4, -0.2) is 38.8 Å². The molecule has 1 heterocycles. The van der Waals surface area contributed by atoms with Crippen LogP contribution in [0.4, 0.5) is 5.69 Å². The molecule has 0 spiro atoms. The molecular formula is C18H16N2O6. The molecule has 2 aromatic carbocycles. The largest absolute Gasteiger partial charge is 0.480 e. The van der Waals surface area contributed by atoms with Crippen LogP contribution in [0.15, 0.2) is 30.3 Å². The summed E-state index contributed by atoms with van der Waals surface area (Å²) in [4.78, 5) is 49.0. The first-order chi connectivity index (χ1) is 12.0. The van der Waals surface area contributed by atoms with E-state index < -0.39 is 34.2 Å². The van der Waals surface area contributed by atoms with Crippen LogP contribution in [-0.2, 0) is 4.79 Å². The Morgan fingerprint density at radius 3 is 2.31 bits per heavy atom. The van der Waals surface area contributed by atoms with Crippen LogP contribution in [0.1, 0.15) is 41.5 Å². The number of non-ortho nitro benzene ring substituents is 1. The summed E-state index contributed by atoms with van der Waals surface area (Å²) in [6.07, 6.45) is 0. The smallest absolute Gasteiger partial charge is 0.327 e. The van der Waals surface area contributed by atoms with Crippen LogP contribution in [0, 0.1) is 15.5 Å². The fourth-order valence-electron chi connectivity index (χ4n) is 3.32. The maximum absolute atomic E-state index is 13.0. The molecule has 8 nitrogen and oxygen atoms in total. The van der Waals surface area contributed by atoms with Crippen molar-refractivity contribution in [3.05, 3.63) is 51.6 Å². The van der Waals surface area contributed by atoms with Gasteiger partial charge < -0.3 is 5.11 Å². The number of carbonyl (C=O) groups excluding carboxylic acids is 2. The van der Waals surface area contributed by atoms with Crippen LogP contribution in [0.2, 0.25) is 0 Å². The predicted molar refractivity (Wildman–Crippen MR) is 92.0 cm³/mol. The van der Waals surface area contributed by atoms with Gasteiger partial charge in [-0.1, -0.05) is 32.9 Å². The van der Waals surface area contributed by atoms with Gasteiger partial charge in [-0.15, -0.1) is 0 Å². The van der Waals surface area contributed by atoms with Crippen molar-refractivity contribution < 1.29 is 24.4 Å². The minimum Gasteiger partial charge on any atom is -0.480 e. The average molecular weight is 356 g/mol. The van der Waals surface area contributed by atoms with Gasteiger partial charge >= 0.3 is 5.97 Å². The fraction of sp³-hybridized carbons (Fsp3) is 0.278. The SMILES string of the molecule is CC(C)(C)[C@H](C(=O)O)N1C(=O)c2cccc3cc([N+](=O)[O-])cc(c23)C1=O. The highest BCUT2D eigenvalue weighted by molar-refractivity contribution is 6.26. The molecule has 8 heteroatoms. The van der Waals surface area contributed by atoms with Crippen LogP contribution in [0.5, 0.6) is 0 Å². The third kappa shape index (κ3) is 2.50. The molecule has 1 atom stereocenters. The number of aliphatic carboxylic acids is 1. The number of carbonyl (C=O) groups is 3. The number of carboxylic acids is 1. The first-order valence-corrected chi connectivity index (χ1v) is 7.86. The van der Waals surface area contributed by atoms with Crippen molar-refractivity contribution in [1.29, 1.82) is 0 Å². The Kier molecular flexibility index (Phi) is 3.79. The van der Waals surface area contributed by atoms with E-state index in [4.69, 9.17) is 0 Å². The molecule has 1 aliphatic rings. The van der Waals surface area contributed by atoms with Gasteiger partial charge in [-0.2, -0.15) is 0 Å². The first kappa shape index (κ1) is 17.5. The highest BCUT2D eigenvalue weighted by atomic mass is 16.6. The maximum Gasteiger partial charge on any atom is 0.327 e. The Hall–Kier alpha value is -3.29. The molecule has 0 aliphatic carbocycles. The molecule has 134 valence electrons. The zero-order chi connectivity index (χ0) is 19.4. The molecule has 0 aromatic heterocycles. The van der Waals surface area contributed by atoms with E-state index in [9.17, 15) is 29.6 Å². The summed E-state index contributed by atoms with van der Waals surface area (Å²) < 4.78 is 0. The van der Waals surface area contributed by atoms with E-state index in [-0.39, 0.29) is 16.8 Å². The number of rotatable bonds is 3. The number of amides is 2.